The van der Waals surface area contributed by atoms with E-state index in [2.05, 4.69) is 72.4 Å². The van der Waals surface area contributed by atoms with E-state index in [1.807, 2.05) is 23.1 Å². The number of anilines is 1. The zero-order chi connectivity index (χ0) is 18.8. The summed E-state index contributed by atoms with van der Waals surface area (Å²) in [6, 6.07) is 20.5. The van der Waals surface area contributed by atoms with Crippen LogP contribution in [0.25, 0.3) is 5.69 Å². The second-order valence-corrected chi connectivity index (χ2v) is 6.96. The van der Waals surface area contributed by atoms with Gasteiger partial charge in [-0.25, -0.2) is 4.79 Å². The van der Waals surface area contributed by atoms with Crippen LogP contribution in [0.15, 0.2) is 66.9 Å². The molecule has 3 aromatic rings. The number of fused-ring (bicyclic) bond motifs is 3. The van der Waals surface area contributed by atoms with Crippen molar-refractivity contribution in [2.75, 3.05) is 5.32 Å². The van der Waals surface area contributed by atoms with E-state index in [4.69, 9.17) is 0 Å². The van der Waals surface area contributed by atoms with Gasteiger partial charge < -0.3 is 14.8 Å². The summed E-state index contributed by atoms with van der Waals surface area (Å²) in [5, 5.41) is 3.09. The summed E-state index contributed by atoms with van der Waals surface area (Å²) in [7, 11) is 0. The largest absolute Gasteiger partial charge is 0.322 e. The summed E-state index contributed by atoms with van der Waals surface area (Å²) >= 11 is 0. The summed E-state index contributed by atoms with van der Waals surface area (Å²) in [5.41, 5.74) is 5.56. The summed E-state index contributed by atoms with van der Waals surface area (Å²) in [5.74, 6) is 0. The average Bonchev–Trinajstić information content (AvgIpc) is 3.13. The molecule has 0 radical (unpaired) electrons. The van der Waals surface area contributed by atoms with Crippen LogP contribution in [0.2, 0.25) is 0 Å². The van der Waals surface area contributed by atoms with Crippen LogP contribution in [0.1, 0.15) is 43.1 Å². The number of aryl methyl sites for hydroxylation is 1. The van der Waals surface area contributed by atoms with E-state index in [1.165, 1.54) is 5.56 Å². The van der Waals surface area contributed by atoms with Gasteiger partial charge in [0.2, 0.25) is 0 Å². The zero-order valence-corrected chi connectivity index (χ0v) is 15.9. The molecule has 1 atom stereocenters. The highest BCUT2D eigenvalue weighted by Crippen LogP contribution is 2.34. The smallest absolute Gasteiger partial charge is 0.318 e. The molecule has 1 aliphatic rings. The molecule has 4 heteroatoms. The van der Waals surface area contributed by atoms with E-state index in [0.717, 1.165) is 35.5 Å². The summed E-state index contributed by atoms with van der Waals surface area (Å²) in [4.78, 5) is 15.1. The highest BCUT2D eigenvalue weighted by molar-refractivity contribution is 5.89. The molecule has 2 aromatic carbocycles. The molecule has 27 heavy (non-hydrogen) atoms. The van der Waals surface area contributed by atoms with Gasteiger partial charge in [0.05, 0.1) is 18.3 Å². The van der Waals surface area contributed by atoms with Gasteiger partial charge in [0.15, 0.2) is 0 Å². The van der Waals surface area contributed by atoms with Gasteiger partial charge in [0.1, 0.15) is 0 Å². The molecule has 4 nitrogen and oxygen atoms in total. The van der Waals surface area contributed by atoms with Gasteiger partial charge in [-0.2, -0.15) is 0 Å². The highest BCUT2D eigenvalue weighted by Gasteiger charge is 2.30. The van der Waals surface area contributed by atoms with Gasteiger partial charge in [-0.15, -0.1) is 0 Å². The Balaban J connectivity index is 1.68. The predicted molar refractivity (Wildman–Crippen MR) is 109 cm³/mol. The second-order valence-electron chi connectivity index (χ2n) is 6.96. The molecule has 0 bridgehead atoms. The molecule has 0 fully saturated rings. The number of hydrogen-bond donors (Lipinski definition) is 1. The van der Waals surface area contributed by atoms with Crippen molar-refractivity contribution >= 4 is 11.7 Å². The fourth-order valence-corrected chi connectivity index (χ4v) is 3.88. The Morgan fingerprint density at radius 2 is 1.81 bits per heavy atom. The number of aromatic nitrogens is 1. The van der Waals surface area contributed by atoms with Crippen LogP contribution in [0.4, 0.5) is 10.5 Å². The molecule has 0 aliphatic carbocycles. The maximum atomic E-state index is 13.2. The monoisotopic (exact) mass is 359 g/mol. The van der Waals surface area contributed by atoms with Gasteiger partial charge in [-0.3, -0.25) is 0 Å². The molecule has 0 saturated carbocycles. The first-order chi connectivity index (χ1) is 13.2. The molecule has 0 saturated heterocycles. The van der Waals surface area contributed by atoms with Crippen molar-refractivity contribution in [2.24, 2.45) is 0 Å². The number of benzene rings is 2. The molecule has 1 aliphatic heterocycles. The molecule has 0 spiro atoms. The minimum Gasteiger partial charge on any atom is -0.318 e. The standard InChI is InChI=1S/C23H25N3O/c1-3-17-11-13-19(14-12-17)24-23(27)26-16-18-8-5-6-9-21(18)25-15-7-10-22(25)20(26)4-2/h5-15,20H,3-4,16H2,1-2H3,(H,24,27)/t20-/m1/s1. The number of amides is 2. The number of carbonyl (C=O) groups excluding carboxylic acids is 1. The second kappa shape index (κ2) is 7.31. The number of urea groups is 1. The molecule has 0 unspecified atom stereocenters. The third kappa shape index (κ3) is 3.23. The van der Waals surface area contributed by atoms with Crippen LogP contribution >= 0.6 is 0 Å². The van der Waals surface area contributed by atoms with Gasteiger partial charge in [0.25, 0.3) is 0 Å². The topological polar surface area (TPSA) is 37.3 Å². The molecule has 1 aromatic heterocycles. The number of rotatable bonds is 3. The maximum Gasteiger partial charge on any atom is 0.322 e. The maximum absolute atomic E-state index is 13.2. The Bertz CT molecular complexity index is 942. The van der Waals surface area contributed by atoms with Gasteiger partial charge in [-0.1, -0.05) is 44.2 Å². The van der Waals surface area contributed by atoms with Gasteiger partial charge >= 0.3 is 6.03 Å². The van der Waals surface area contributed by atoms with E-state index in [-0.39, 0.29) is 12.1 Å². The van der Waals surface area contributed by atoms with Crippen LogP contribution in [0, 0.1) is 0 Å². The first-order valence-corrected chi connectivity index (χ1v) is 9.63. The molecule has 2 amide bonds. The van der Waals surface area contributed by atoms with Crippen LogP contribution in [0.5, 0.6) is 0 Å². The summed E-state index contributed by atoms with van der Waals surface area (Å²) in [6.45, 7) is 4.85. The third-order valence-electron chi connectivity index (χ3n) is 5.35. The number of para-hydroxylation sites is 1. The van der Waals surface area contributed by atoms with Crippen molar-refractivity contribution in [3.05, 3.63) is 83.7 Å². The van der Waals surface area contributed by atoms with Crippen LogP contribution in [-0.2, 0) is 13.0 Å². The molecule has 2 heterocycles. The van der Waals surface area contributed by atoms with Gasteiger partial charge in [-0.05, 0) is 54.3 Å². The van der Waals surface area contributed by atoms with Crippen molar-refractivity contribution in [1.29, 1.82) is 0 Å². The summed E-state index contributed by atoms with van der Waals surface area (Å²) in [6.07, 6.45) is 3.94. The van der Waals surface area contributed by atoms with Crippen LogP contribution in [0.3, 0.4) is 0 Å². The minimum absolute atomic E-state index is 0.0299. The molecule has 4 rings (SSSR count). The Morgan fingerprint density at radius 1 is 1.04 bits per heavy atom. The van der Waals surface area contributed by atoms with E-state index >= 15 is 0 Å². The number of hydrogen-bond acceptors (Lipinski definition) is 1. The molecular formula is C23H25N3O. The SMILES string of the molecule is CCc1ccc(NC(=O)N2Cc3ccccc3-n3cccc3[C@H]2CC)cc1. The van der Waals surface area contributed by atoms with E-state index in [0.29, 0.717) is 6.54 Å². The Kier molecular flexibility index (Phi) is 4.71. The van der Waals surface area contributed by atoms with Crippen molar-refractivity contribution < 1.29 is 4.79 Å². The molecule has 138 valence electrons. The lowest BCUT2D eigenvalue weighted by molar-refractivity contribution is 0.181. The summed E-state index contributed by atoms with van der Waals surface area (Å²) < 4.78 is 2.22. The Morgan fingerprint density at radius 3 is 2.56 bits per heavy atom. The van der Waals surface area contributed by atoms with Crippen molar-refractivity contribution in [3.8, 4) is 5.69 Å². The highest BCUT2D eigenvalue weighted by atomic mass is 16.2. The van der Waals surface area contributed by atoms with E-state index in [1.54, 1.807) is 0 Å². The Labute approximate surface area is 160 Å². The number of nitrogens with one attached hydrogen (secondary N) is 1. The lowest BCUT2D eigenvalue weighted by Gasteiger charge is -2.29. The first kappa shape index (κ1) is 17.4. The normalized spacial score (nSPS) is 15.6. The van der Waals surface area contributed by atoms with E-state index < -0.39 is 0 Å². The first-order valence-electron chi connectivity index (χ1n) is 9.63. The fraction of sp³-hybridized carbons (Fsp3) is 0.261. The van der Waals surface area contributed by atoms with Crippen LogP contribution < -0.4 is 5.32 Å². The lowest BCUT2D eigenvalue weighted by Crippen LogP contribution is -2.37. The zero-order valence-electron chi connectivity index (χ0n) is 15.9. The third-order valence-corrected chi connectivity index (χ3v) is 5.35. The molecule has 1 N–H and O–H groups in total. The van der Waals surface area contributed by atoms with Crippen molar-refractivity contribution in [2.45, 2.75) is 39.3 Å². The number of nitrogens with zero attached hydrogens (tertiary/aromatic N) is 2. The molecular weight excluding hydrogens is 334 g/mol. The number of carbonyl (C=O) groups is 1. The van der Waals surface area contributed by atoms with Crippen molar-refractivity contribution in [1.82, 2.24) is 9.47 Å². The minimum atomic E-state index is -0.0597. The van der Waals surface area contributed by atoms with Crippen molar-refractivity contribution in [3.63, 3.8) is 0 Å². The lowest BCUT2D eigenvalue weighted by atomic mass is 10.1. The van der Waals surface area contributed by atoms with Gasteiger partial charge in [0, 0.05) is 17.6 Å². The Hall–Kier alpha value is -3.01. The quantitative estimate of drug-likeness (QED) is 0.655. The van der Waals surface area contributed by atoms with E-state index in [9.17, 15) is 4.79 Å². The average molecular weight is 359 g/mol. The van der Waals surface area contributed by atoms with Crippen LogP contribution in [-0.4, -0.2) is 15.5 Å². The predicted octanol–water partition coefficient (Wildman–Crippen LogP) is 5.54. The fourth-order valence-electron chi connectivity index (χ4n) is 3.88.